The fourth-order valence-electron chi connectivity index (χ4n) is 3.65. The van der Waals surface area contributed by atoms with Crippen LogP contribution in [0.25, 0.3) is 0 Å². The summed E-state index contributed by atoms with van der Waals surface area (Å²) in [5.41, 5.74) is -0.390. The lowest BCUT2D eigenvalue weighted by Gasteiger charge is -2.45. The average molecular weight is 426 g/mol. The zero-order valence-corrected chi connectivity index (χ0v) is 17.7. The molecule has 0 spiro atoms. The van der Waals surface area contributed by atoms with E-state index < -0.39 is 17.7 Å². The van der Waals surface area contributed by atoms with E-state index >= 15 is 0 Å². The molecule has 0 saturated heterocycles. The Morgan fingerprint density at radius 1 is 1.32 bits per heavy atom. The number of fused-ring (bicyclic) bond motifs is 1. The smallest absolute Gasteiger partial charge is 0.267 e. The first-order valence-corrected chi connectivity index (χ1v) is 9.83. The van der Waals surface area contributed by atoms with E-state index in [0.29, 0.717) is 29.2 Å². The largest absolute Gasteiger partial charge is 0.479 e. The molecule has 0 amide bonds. The van der Waals surface area contributed by atoms with Gasteiger partial charge in [0.25, 0.3) is 5.56 Å². The Morgan fingerprint density at radius 3 is 2.71 bits per heavy atom. The van der Waals surface area contributed by atoms with E-state index in [1.807, 2.05) is 19.1 Å². The highest BCUT2D eigenvalue weighted by atomic mass is 16.6. The number of allylic oxidation sites excluding steroid dienone is 2. The number of methoxy groups -OCH3 is 2. The summed E-state index contributed by atoms with van der Waals surface area (Å²) in [6.45, 7) is 2.34. The maximum atomic E-state index is 12.1. The van der Waals surface area contributed by atoms with Crippen LogP contribution in [0.4, 0.5) is 5.82 Å². The number of aromatic nitrogens is 2. The van der Waals surface area contributed by atoms with E-state index in [4.69, 9.17) is 14.2 Å². The topological polar surface area (TPSA) is 119 Å². The van der Waals surface area contributed by atoms with Crippen LogP contribution in [0.1, 0.15) is 24.1 Å². The first-order chi connectivity index (χ1) is 15.0. The molecule has 2 heterocycles. The monoisotopic (exact) mass is 426 g/mol. The number of nitrogens with one attached hydrogen (secondary N) is 1. The van der Waals surface area contributed by atoms with E-state index in [-0.39, 0.29) is 18.8 Å². The predicted octanol–water partition coefficient (Wildman–Crippen LogP) is 1.63. The first kappa shape index (κ1) is 22.5. The van der Waals surface area contributed by atoms with Gasteiger partial charge in [0.1, 0.15) is 17.7 Å². The molecule has 0 saturated carbocycles. The third kappa shape index (κ3) is 4.61. The van der Waals surface area contributed by atoms with Crippen LogP contribution >= 0.6 is 0 Å². The Hall–Kier alpha value is -3.19. The minimum absolute atomic E-state index is 0.0772. The van der Waals surface area contributed by atoms with Gasteiger partial charge in [-0.15, -0.1) is 0 Å². The molecule has 9 heteroatoms. The summed E-state index contributed by atoms with van der Waals surface area (Å²) in [6.07, 6.45) is 2.55. The molecular weight excluding hydrogens is 400 g/mol. The van der Waals surface area contributed by atoms with Crippen molar-refractivity contribution in [3.8, 4) is 11.8 Å². The van der Waals surface area contributed by atoms with Gasteiger partial charge in [-0.2, -0.15) is 10.4 Å². The Balaban J connectivity index is 2.06. The molecule has 9 nitrogen and oxygen atoms in total. The van der Waals surface area contributed by atoms with Gasteiger partial charge in [-0.1, -0.05) is 12.2 Å². The van der Waals surface area contributed by atoms with Crippen LogP contribution in [0.5, 0.6) is 5.75 Å². The van der Waals surface area contributed by atoms with Gasteiger partial charge in [0.2, 0.25) is 0 Å². The normalized spacial score (nSPS) is 19.5. The third-order valence-corrected chi connectivity index (χ3v) is 5.10. The van der Waals surface area contributed by atoms with Gasteiger partial charge in [-0.05, 0) is 31.2 Å². The molecular formula is C22H26N4O5. The van der Waals surface area contributed by atoms with Crippen molar-refractivity contribution in [2.24, 2.45) is 0 Å². The number of nitrogens with zero attached hydrogens (tertiary/aromatic N) is 3. The van der Waals surface area contributed by atoms with Gasteiger partial charge in [0, 0.05) is 25.8 Å². The van der Waals surface area contributed by atoms with Crippen molar-refractivity contribution in [3.63, 3.8) is 0 Å². The van der Waals surface area contributed by atoms with Crippen molar-refractivity contribution < 1.29 is 19.3 Å². The van der Waals surface area contributed by atoms with Crippen LogP contribution in [-0.2, 0) is 16.0 Å². The highest BCUT2D eigenvalue weighted by molar-refractivity contribution is 5.50. The summed E-state index contributed by atoms with van der Waals surface area (Å²) in [6, 6.07) is 9.38. The standard InChI is InChI=1S/C22H26N4O5/c1-4-5-10-26-19(27)9-8-18(25-26)24-20-16-11-15(12-23)6-7-17(16)31-22(13-29-2,14-30-3)21(20)28/h4-9,11,20-21,28H,10,13-14H2,1-3H3,(H,24,25)/t20-,21+/m1/s1. The van der Waals surface area contributed by atoms with E-state index in [9.17, 15) is 15.2 Å². The van der Waals surface area contributed by atoms with Crippen molar-refractivity contribution in [2.75, 3.05) is 32.8 Å². The molecule has 0 radical (unpaired) electrons. The lowest BCUT2D eigenvalue weighted by molar-refractivity contribution is -0.142. The minimum atomic E-state index is -1.18. The number of benzene rings is 1. The Kier molecular flexibility index (Phi) is 7.07. The highest BCUT2D eigenvalue weighted by Gasteiger charge is 2.50. The maximum absolute atomic E-state index is 12.1. The fraction of sp³-hybridized carbons (Fsp3) is 0.409. The Morgan fingerprint density at radius 2 is 2.06 bits per heavy atom. The number of aliphatic hydroxyl groups is 1. The number of nitriles is 1. The number of hydrogen-bond acceptors (Lipinski definition) is 8. The third-order valence-electron chi connectivity index (χ3n) is 5.10. The van der Waals surface area contributed by atoms with Gasteiger partial charge in [-0.25, -0.2) is 4.68 Å². The number of aliphatic hydroxyl groups excluding tert-OH is 1. The number of rotatable bonds is 8. The summed E-state index contributed by atoms with van der Waals surface area (Å²) in [7, 11) is 3.03. The highest BCUT2D eigenvalue weighted by Crippen LogP contribution is 2.42. The van der Waals surface area contributed by atoms with Crippen LogP contribution in [0.3, 0.4) is 0 Å². The quantitative estimate of drug-likeness (QED) is 0.612. The van der Waals surface area contributed by atoms with Gasteiger partial charge in [-0.3, -0.25) is 4.79 Å². The molecule has 0 unspecified atom stereocenters. The second kappa shape index (κ2) is 9.75. The second-order valence-electron chi connectivity index (χ2n) is 7.27. The molecule has 1 aliphatic heterocycles. The summed E-state index contributed by atoms with van der Waals surface area (Å²) in [5.74, 6) is 0.894. The molecule has 2 aromatic rings. The summed E-state index contributed by atoms with van der Waals surface area (Å²) in [5, 5.41) is 28.2. The Bertz CT molecular complexity index is 1040. The molecule has 164 valence electrons. The SMILES string of the molecule is CC=CCn1nc(N[C@@H]2c3cc(C#N)ccc3OC(COC)(COC)[C@H]2O)ccc1=O. The molecule has 1 aromatic carbocycles. The molecule has 2 N–H and O–H groups in total. The molecule has 1 aliphatic rings. The summed E-state index contributed by atoms with van der Waals surface area (Å²) < 4.78 is 18.1. The van der Waals surface area contributed by atoms with Gasteiger partial charge >= 0.3 is 0 Å². The summed E-state index contributed by atoms with van der Waals surface area (Å²) >= 11 is 0. The van der Waals surface area contributed by atoms with Gasteiger partial charge in [0.15, 0.2) is 5.60 Å². The lowest BCUT2D eigenvalue weighted by atomic mass is 9.84. The van der Waals surface area contributed by atoms with Crippen molar-refractivity contribution in [2.45, 2.75) is 31.2 Å². The Labute approximate surface area is 180 Å². The zero-order chi connectivity index (χ0) is 22.4. The van der Waals surface area contributed by atoms with Crippen LogP contribution < -0.4 is 15.6 Å². The van der Waals surface area contributed by atoms with Crippen molar-refractivity contribution in [3.05, 3.63) is 64.0 Å². The van der Waals surface area contributed by atoms with Gasteiger partial charge < -0.3 is 24.6 Å². The molecule has 0 fully saturated rings. The van der Waals surface area contributed by atoms with E-state index in [2.05, 4.69) is 16.5 Å². The van der Waals surface area contributed by atoms with Gasteiger partial charge in [0.05, 0.1) is 37.4 Å². The van der Waals surface area contributed by atoms with Crippen molar-refractivity contribution >= 4 is 5.82 Å². The maximum Gasteiger partial charge on any atom is 0.267 e. The number of hydrogen-bond donors (Lipinski definition) is 2. The average Bonchev–Trinajstić information content (AvgIpc) is 2.77. The number of ether oxygens (including phenoxy) is 3. The fourth-order valence-corrected chi connectivity index (χ4v) is 3.65. The van der Waals surface area contributed by atoms with Crippen LogP contribution in [0.2, 0.25) is 0 Å². The van der Waals surface area contributed by atoms with Crippen LogP contribution in [-0.4, -0.2) is 54.0 Å². The molecule has 2 atom stereocenters. The molecule has 31 heavy (non-hydrogen) atoms. The summed E-state index contributed by atoms with van der Waals surface area (Å²) in [4.78, 5) is 12.1. The van der Waals surface area contributed by atoms with Crippen LogP contribution in [0.15, 0.2) is 47.3 Å². The van der Waals surface area contributed by atoms with Crippen LogP contribution in [0, 0.1) is 11.3 Å². The van der Waals surface area contributed by atoms with E-state index in [1.54, 1.807) is 24.3 Å². The van der Waals surface area contributed by atoms with Crippen molar-refractivity contribution in [1.82, 2.24) is 9.78 Å². The molecule has 1 aromatic heterocycles. The first-order valence-electron chi connectivity index (χ1n) is 9.83. The predicted molar refractivity (Wildman–Crippen MR) is 114 cm³/mol. The number of anilines is 1. The molecule has 0 aliphatic carbocycles. The lowest BCUT2D eigenvalue weighted by Crippen LogP contribution is -2.60. The molecule has 0 bridgehead atoms. The van der Waals surface area contributed by atoms with E-state index in [1.165, 1.54) is 25.0 Å². The zero-order valence-electron chi connectivity index (χ0n) is 17.7. The second-order valence-corrected chi connectivity index (χ2v) is 7.27. The van der Waals surface area contributed by atoms with E-state index in [0.717, 1.165) is 0 Å². The molecule has 3 rings (SSSR count). The minimum Gasteiger partial charge on any atom is -0.479 e. The van der Waals surface area contributed by atoms with Crippen molar-refractivity contribution in [1.29, 1.82) is 5.26 Å².